The molecule has 2 heterocycles. The lowest BCUT2D eigenvalue weighted by molar-refractivity contribution is 0.0939. The predicted octanol–water partition coefficient (Wildman–Crippen LogP) is 3.04. The normalized spacial score (nSPS) is 11.3. The lowest BCUT2D eigenvalue weighted by atomic mass is 9.96. The first kappa shape index (κ1) is 21.4. The van der Waals surface area contributed by atoms with E-state index < -0.39 is 17.8 Å². The van der Waals surface area contributed by atoms with Crippen LogP contribution in [0.5, 0.6) is 11.6 Å². The number of amides is 1. The van der Waals surface area contributed by atoms with Crippen LogP contribution in [0.4, 0.5) is 0 Å². The van der Waals surface area contributed by atoms with Crippen LogP contribution in [0.1, 0.15) is 33.1 Å². The number of carbonyl (C=O) groups is 1. The number of carbonyl (C=O) groups excluding carboxylic acids is 1. The highest BCUT2D eigenvalue weighted by Crippen LogP contribution is 2.26. The molecule has 33 heavy (non-hydrogen) atoms. The molecule has 9 heteroatoms. The third-order valence-corrected chi connectivity index (χ3v) is 4.89. The minimum Gasteiger partial charge on any atom is -0.497 e. The van der Waals surface area contributed by atoms with Crippen molar-refractivity contribution < 1.29 is 14.6 Å². The minimum atomic E-state index is -0.601. The van der Waals surface area contributed by atoms with E-state index in [0.29, 0.717) is 22.6 Å². The minimum absolute atomic E-state index is 0.0995. The number of rotatable bonds is 6. The topological polar surface area (TPSA) is 134 Å². The first-order chi connectivity index (χ1) is 16.1. The fraction of sp³-hybridized carbons (Fsp3) is 0.0833. The molecule has 9 nitrogen and oxygen atoms in total. The Labute approximate surface area is 189 Å². The third-order valence-electron chi connectivity index (χ3n) is 4.89. The van der Waals surface area contributed by atoms with Crippen LogP contribution in [0.3, 0.4) is 0 Å². The SMILES string of the molecule is COc1ccc([C@H](NC(=O)c2cnc(-c3cccnn3)nc2O)c2cccc(C#N)c2)cc1. The molecule has 0 unspecified atom stereocenters. The summed E-state index contributed by atoms with van der Waals surface area (Å²) in [5.41, 5.74) is 2.18. The average molecular weight is 438 g/mol. The van der Waals surface area contributed by atoms with Crippen molar-refractivity contribution in [2.45, 2.75) is 6.04 Å². The molecule has 0 bridgehead atoms. The summed E-state index contributed by atoms with van der Waals surface area (Å²) in [6, 6.07) is 18.9. The number of benzene rings is 2. The van der Waals surface area contributed by atoms with E-state index in [1.165, 1.54) is 12.4 Å². The van der Waals surface area contributed by atoms with Gasteiger partial charge >= 0.3 is 0 Å². The molecule has 0 fully saturated rings. The molecule has 0 saturated carbocycles. The molecule has 2 N–H and O–H groups in total. The monoisotopic (exact) mass is 438 g/mol. The van der Waals surface area contributed by atoms with Gasteiger partial charge in [-0.2, -0.15) is 15.3 Å². The predicted molar refractivity (Wildman–Crippen MR) is 118 cm³/mol. The van der Waals surface area contributed by atoms with Gasteiger partial charge in [-0.3, -0.25) is 4.79 Å². The van der Waals surface area contributed by atoms with E-state index in [2.05, 4.69) is 31.6 Å². The molecule has 0 spiro atoms. The van der Waals surface area contributed by atoms with Gasteiger partial charge in [0.05, 0.1) is 24.8 Å². The number of nitrogens with one attached hydrogen (secondary N) is 1. The molecule has 2 aromatic heterocycles. The van der Waals surface area contributed by atoms with Crippen molar-refractivity contribution in [2.24, 2.45) is 0 Å². The zero-order valence-electron chi connectivity index (χ0n) is 17.5. The number of aromatic nitrogens is 4. The summed E-state index contributed by atoms with van der Waals surface area (Å²) >= 11 is 0. The molecule has 162 valence electrons. The van der Waals surface area contributed by atoms with Gasteiger partial charge in [-0.25, -0.2) is 4.98 Å². The molecule has 4 rings (SSSR count). The lowest BCUT2D eigenvalue weighted by Gasteiger charge is -2.20. The first-order valence-electron chi connectivity index (χ1n) is 9.88. The van der Waals surface area contributed by atoms with E-state index in [-0.39, 0.29) is 11.4 Å². The van der Waals surface area contributed by atoms with E-state index in [9.17, 15) is 15.2 Å². The Morgan fingerprint density at radius 3 is 2.61 bits per heavy atom. The Bertz CT molecular complexity index is 1320. The largest absolute Gasteiger partial charge is 0.497 e. The number of nitrogens with zero attached hydrogens (tertiary/aromatic N) is 5. The van der Waals surface area contributed by atoms with Crippen LogP contribution < -0.4 is 10.1 Å². The number of methoxy groups -OCH3 is 1. The molecule has 0 aliphatic heterocycles. The van der Waals surface area contributed by atoms with Crippen LogP contribution in [-0.4, -0.2) is 38.3 Å². The van der Waals surface area contributed by atoms with E-state index in [4.69, 9.17) is 4.74 Å². The van der Waals surface area contributed by atoms with Gasteiger partial charge in [-0.15, -0.1) is 5.10 Å². The number of hydrogen-bond donors (Lipinski definition) is 2. The second-order valence-electron chi connectivity index (χ2n) is 6.96. The van der Waals surface area contributed by atoms with E-state index in [1.54, 1.807) is 49.6 Å². The van der Waals surface area contributed by atoms with Gasteiger partial charge in [0.1, 0.15) is 17.0 Å². The standard InChI is InChI=1S/C24H18N6O3/c1-33-18-9-7-16(8-10-18)21(17-5-2-4-15(12-17)13-25)28-23(31)19-14-26-22(29-24(19)32)20-6-3-11-27-30-20/h2-12,14,21H,1H3,(H,28,31)(H,26,29,32)/t21-/m0/s1. The van der Waals surface area contributed by atoms with Gasteiger partial charge in [-0.1, -0.05) is 24.3 Å². The van der Waals surface area contributed by atoms with Gasteiger partial charge in [0.25, 0.3) is 5.91 Å². The number of aromatic hydroxyl groups is 1. The van der Waals surface area contributed by atoms with Crippen molar-refractivity contribution in [3.8, 4) is 29.2 Å². The van der Waals surface area contributed by atoms with E-state index in [1.807, 2.05) is 18.2 Å². The molecule has 1 atom stereocenters. The Hall–Kier alpha value is -4.84. The fourth-order valence-electron chi connectivity index (χ4n) is 3.23. The molecule has 1 amide bonds. The van der Waals surface area contributed by atoms with Crippen molar-refractivity contribution in [3.63, 3.8) is 0 Å². The zero-order chi connectivity index (χ0) is 23.2. The van der Waals surface area contributed by atoms with Crippen LogP contribution in [-0.2, 0) is 0 Å². The molecule has 0 aliphatic carbocycles. The maximum atomic E-state index is 13.1. The number of hydrogen-bond acceptors (Lipinski definition) is 8. The van der Waals surface area contributed by atoms with Crippen LogP contribution >= 0.6 is 0 Å². The summed E-state index contributed by atoms with van der Waals surface area (Å²) in [5, 5.41) is 30.2. The van der Waals surface area contributed by atoms with Crippen LogP contribution in [0, 0.1) is 11.3 Å². The Kier molecular flexibility index (Phi) is 6.18. The quantitative estimate of drug-likeness (QED) is 0.469. The van der Waals surface area contributed by atoms with Gasteiger partial charge in [0, 0.05) is 12.4 Å². The van der Waals surface area contributed by atoms with Crippen molar-refractivity contribution in [1.29, 1.82) is 5.26 Å². The lowest BCUT2D eigenvalue weighted by Crippen LogP contribution is -2.29. The maximum Gasteiger partial charge on any atom is 0.259 e. The number of ether oxygens (including phenoxy) is 1. The van der Waals surface area contributed by atoms with E-state index >= 15 is 0 Å². The molecular formula is C24H18N6O3. The average Bonchev–Trinajstić information content (AvgIpc) is 2.87. The second kappa shape index (κ2) is 9.53. The van der Waals surface area contributed by atoms with Crippen molar-refractivity contribution in [1.82, 2.24) is 25.5 Å². The van der Waals surface area contributed by atoms with Gasteiger partial charge in [0.2, 0.25) is 5.88 Å². The molecule has 0 radical (unpaired) electrons. The van der Waals surface area contributed by atoms with Gasteiger partial charge in [0.15, 0.2) is 5.82 Å². The summed E-state index contributed by atoms with van der Waals surface area (Å²) in [5.74, 6) is -0.255. The van der Waals surface area contributed by atoms with Crippen molar-refractivity contribution in [2.75, 3.05) is 7.11 Å². The van der Waals surface area contributed by atoms with Gasteiger partial charge in [-0.05, 0) is 47.5 Å². The van der Waals surface area contributed by atoms with Gasteiger partial charge < -0.3 is 15.2 Å². The Morgan fingerprint density at radius 1 is 1.12 bits per heavy atom. The highest BCUT2D eigenvalue weighted by molar-refractivity contribution is 5.96. The van der Waals surface area contributed by atoms with Crippen LogP contribution in [0.15, 0.2) is 73.1 Å². The fourth-order valence-corrected chi connectivity index (χ4v) is 3.23. The summed E-state index contributed by atoms with van der Waals surface area (Å²) in [4.78, 5) is 21.2. The molecule has 2 aromatic carbocycles. The highest BCUT2D eigenvalue weighted by Gasteiger charge is 2.22. The summed E-state index contributed by atoms with van der Waals surface area (Å²) in [6.45, 7) is 0. The molecule has 4 aromatic rings. The first-order valence-corrected chi connectivity index (χ1v) is 9.88. The Morgan fingerprint density at radius 2 is 1.94 bits per heavy atom. The second-order valence-corrected chi connectivity index (χ2v) is 6.96. The highest BCUT2D eigenvalue weighted by atomic mass is 16.5. The van der Waals surface area contributed by atoms with Crippen LogP contribution in [0.2, 0.25) is 0 Å². The summed E-state index contributed by atoms with van der Waals surface area (Å²) in [6.07, 6.45) is 2.74. The zero-order valence-corrected chi connectivity index (χ0v) is 17.5. The van der Waals surface area contributed by atoms with E-state index in [0.717, 1.165) is 5.56 Å². The maximum absolute atomic E-state index is 13.1. The third kappa shape index (κ3) is 4.75. The summed E-state index contributed by atoms with van der Waals surface area (Å²) in [7, 11) is 1.57. The molecule has 0 aliphatic rings. The molecular weight excluding hydrogens is 420 g/mol. The smallest absolute Gasteiger partial charge is 0.259 e. The van der Waals surface area contributed by atoms with Crippen molar-refractivity contribution >= 4 is 5.91 Å². The summed E-state index contributed by atoms with van der Waals surface area (Å²) < 4.78 is 5.22. The molecule has 0 saturated heterocycles. The Balaban J connectivity index is 1.67. The van der Waals surface area contributed by atoms with Crippen molar-refractivity contribution in [3.05, 3.63) is 95.3 Å². The van der Waals surface area contributed by atoms with Crippen LogP contribution in [0.25, 0.3) is 11.5 Å². The number of nitriles is 1.